The van der Waals surface area contributed by atoms with Gasteiger partial charge in [-0.3, -0.25) is 4.79 Å². The van der Waals surface area contributed by atoms with Crippen LogP contribution in [0.15, 0.2) is 23.2 Å². The van der Waals surface area contributed by atoms with Gasteiger partial charge in [-0.1, -0.05) is 18.5 Å². The Morgan fingerprint density at radius 1 is 1.38 bits per heavy atom. The van der Waals surface area contributed by atoms with Gasteiger partial charge in [-0.15, -0.1) is 0 Å². The lowest BCUT2D eigenvalue weighted by Crippen LogP contribution is -2.63. The number of hydrogen-bond donors (Lipinski definition) is 2. The fourth-order valence-corrected chi connectivity index (χ4v) is 6.75. The van der Waals surface area contributed by atoms with E-state index in [1.165, 1.54) is 18.2 Å². The summed E-state index contributed by atoms with van der Waals surface area (Å²) in [6.07, 6.45) is 6.74. The van der Waals surface area contributed by atoms with Crippen LogP contribution in [-0.2, 0) is 4.79 Å². The number of nitrogens with zero attached hydrogens (tertiary/aromatic N) is 2. The third kappa shape index (κ3) is 4.05. The Kier molecular flexibility index (Phi) is 5.87. The standard InChI is InChI=1S/C24H29ClFN3O3/c1-13(21(30)31)24-9-14-6-15(10-24)20(16(7-14)11-24)29-22(28-12-27)23(2,3)32-19-5-4-17(26)8-18(19)25/h4-5,8,13-16,20H,6-7,9-11H2,1-3H3,(H,28,29)(H,30,31)/t13-,14?,15?,16?,20?,24?/m1/s1. The molecule has 172 valence electrons. The highest BCUT2D eigenvalue weighted by molar-refractivity contribution is 6.32. The van der Waals surface area contributed by atoms with Crippen molar-refractivity contribution in [3.05, 3.63) is 29.0 Å². The van der Waals surface area contributed by atoms with Crippen molar-refractivity contribution < 1.29 is 19.0 Å². The van der Waals surface area contributed by atoms with E-state index >= 15 is 0 Å². The number of carbonyl (C=O) groups is 1. The highest BCUT2D eigenvalue weighted by Crippen LogP contribution is 2.62. The molecule has 3 atom stereocenters. The van der Waals surface area contributed by atoms with Crippen molar-refractivity contribution >= 4 is 23.4 Å². The fraction of sp³-hybridized carbons (Fsp3) is 0.625. The third-order valence-electron chi connectivity index (χ3n) is 7.90. The van der Waals surface area contributed by atoms with Crippen LogP contribution < -0.4 is 10.1 Å². The number of rotatable bonds is 6. The van der Waals surface area contributed by atoms with Gasteiger partial charge in [0.2, 0.25) is 6.19 Å². The van der Waals surface area contributed by atoms with Gasteiger partial charge in [-0.2, -0.15) is 10.3 Å². The van der Waals surface area contributed by atoms with Gasteiger partial charge >= 0.3 is 5.97 Å². The minimum Gasteiger partial charge on any atom is -0.481 e. The zero-order chi connectivity index (χ0) is 23.3. The Morgan fingerprint density at radius 2 is 2.03 bits per heavy atom. The number of hydrogen-bond acceptors (Lipinski definition) is 4. The second-order valence-electron chi connectivity index (χ2n) is 10.3. The Labute approximate surface area is 192 Å². The smallest absolute Gasteiger partial charge is 0.306 e. The van der Waals surface area contributed by atoms with E-state index in [-0.39, 0.29) is 22.4 Å². The van der Waals surface area contributed by atoms with Crippen molar-refractivity contribution in [3.8, 4) is 11.9 Å². The Balaban J connectivity index is 1.55. The number of ether oxygens (including phenoxy) is 1. The van der Waals surface area contributed by atoms with Gasteiger partial charge in [0.05, 0.1) is 10.9 Å². The number of nitrogens with one attached hydrogen (secondary N) is 1. The number of carboxylic acids is 1. The molecule has 0 spiro atoms. The van der Waals surface area contributed by atoms with Gasteiger partial charge in [0, 0.05) is 6.04 Å². The number of aliphatic carboxylic acids is 1. The first kappa shape index (κ1) is 22.8. The SMILES string of the molecule is C[C@H](C(=O)O)C12CC3CC(C1)C(N/C(=N\C#N)C(C)(C)Oc1ccc(F)cc1Cl)C(C3)C2. The molecule has 5 rings (SSSR count). The van der Waals surface area contributed by atoms with Crippen molar-refractivity contribution in [2.75, 3.05) is 0 Å². The zero-order valence-electron chi connectivity index (χ0n) is 18.6. The van der Waals surface area contributed by atoms with E-state index in [1.54, 1.807) is 13.8 Å². The summed E-state index contributed by atoms with van der Waals surface area (Å²) in [5.41, 5.74) is -1.14. The molecule has 1 aromatic rings. The summed E-state index contributed by atoms with van der Waals surface area (Å²) in [4.78, 5) is 15.8. The van der Waals surface area contributed by atoms with Crippen molar-refractivity contribution in [3.63, 3.8) is 0 Å². The molecule has 4 aliphatic carbocycles. The van der Waals surface area contributed by atoms with Crippen LogP contribution in [0.25, 0.3) is 0 Å². The number of benzene rings is 1. The van der Waals surface area contributed by atoms with Gasteiger partial charge in [-0.05, 0) is 87.3 Å². The minimum absolute atomic E-state index is 0.110. The Bertz CT molecular complexity index is 973. The Hall–Kier alpha value is -2.33. The molecule has 2 N–H and O–H groups in total. The lowest BCUT2D eigenvalue weighted by Gasteiger charge is -2.61. The summed E-state index contributed by atoms with van der Waals surface area (Å²) >= 11 is 6.14. The van der Waals surface area contributed by atoms with E-state index in [0.717, 1.165) is 32.1 Å². The maximum absolute atomic E-state index is 13.4. The summed E-state index contributed by atoms with van der Waals surface area (Å²) in [6, 6.07) is 4.03. The second-order valence-corrected chi connectivity index (χ2v) is 10.7. The molecule has 1 aromatic carbocycles. The van der Waals surface area contributed by atoms with Crippen LogP contribution in [0.4, 0.5) is 4.39 Å². The largest absolute Gasteiger partial charge is 0.481 e. The molecule has 2 unspecified atom stereocenters. The van der Waals surface area contributed by atoms with Gasteiger partial charge in [0.1, 0.15) is 11.6 Å². The molecule has 0 heterocycles. The summed E-state index contributed by atoms with van der Waals surface area (Å²) in [7, 11) is 0. The molecule has 6 nitrogen and oxygen atoms in total. The zero-order valence-corrected chi connectivity index (χ0v) is 19.3. The van der Waals surface area contributed by atoms with E-state index in [0.29, 0.717) is 29.3 Å². The first-order chi connectivity index (χ1) is 15.0. The normalized spacial score (nSPS) is 32.3. The molecule has 32 heavy (non-hydrogen) atoms. The molecule has 0 aromatic heterocycles. The second kappa shape index (κ2) is 8.22. The van der Waals surface area contributed by atoms with Gasteiger partial charge in [0.25, 0.3) is 0 Å². The molecule has 4 saturated carbocycles. The Morgan fingerprint density at radius 3 is 2.59 bits per heavy atom. The van der Waals surface area contributed by atoms with E-state index in [1.807, 2.05) is 13.1 Å². The van der Waals surface area contributed by atoms with Crippen LogP contribution in [0.1, 0.15) is 52.9 Å². The molecule has 8 heteroatoms. The van der Waals surface area contributed by atoms with Gasteiger partial charge < -0.3 is 15.2 Å². The highest BCUT2D eigenvalue weighted by atomic mass is 35.5. The fourth-order valence-electron chi connectivity index (χ4n) is 6.54. The molecule has 0 saturated heterocycles. The number of amidine groups is 1. The lowest BCUT2D eigenvalue weighted by atomic mass is 9.45. The molecule has 0 aliphatic heterocycles. The van der Waals surface area contributed by atoms with Gasteiger partial charge in [-0.25, -0.2) is 4.39 Å². The average molecular weight is 462 g/mol. The van der Waals surface area contributed by atoms with E-state index < -0.39 is 17.4 Å². The third-order valence-corrected chi connectivity index (χ3v) is 8.20. The summed E-state index contributed by atoms with van der Waals surface area (Å²) in [6.45, 7) is 5.43. The topological polar surface area (TPSA) is 94.7 Å². The monoisotopic (exact) mass is 461 g/mol. The molecule has 4 bridgehead atoms. The number of halogens is 2. The van der Waals surface area contributed by atoms with Crippen molar-refractivity contribution in [2.24, 2.45) is 34.1 Å². The summed E-state index contributed by atoms with van der Waals surface area (Å²) < 4.78 is 19.5. The van der Waals surface area contributed by atoms with Crippen LogP contribution in [-0.4, -0.2) is 28.6 Å². The van der Waals surface area contributed by atoms with Crippen molar-refractivity contribution in [1.82, 2.24) is 5.32 Å². The predicted molar refractivity (Wildman–Crippen MR) is 119 cm³/mol. The first-order valence-electron chi connectivity index (χ1n) is 11.2. The lowest BCUT2D eigenvalue weighted by molar-refractivity contribution is -0.158. The number of aliphatic imine (C=N–C) groups is 1. The van der Waals surface area contributed by atoms with E-state index in [2.05, 4.69) is 10.3 Å². The van der Waals surface area contributed by atoms with Crippen LogP contribution in [0.3, 0.4) is 0 Å². The number of carboxylic acid groups (broad SMARTS) is 1. The summed E-state index contributed by atoms with van der Waals surface area (Å²) in [5.74, 6) is 0.406. The molecule has 4 fully saturated rings. The maximum Gasteiger partial charge on any atom is 0.306 e. The van der Waals surface area contributed by atoms with E-state index in [4.69, 9.17) is 16.3 Å². The van der Waals surface area contributed by atoms with Gasteiger partial charge in [0.15, 0.2) is 11.4 Å². The first-order valence-corrected chi connectivity index (χ1v) is 11.5. The van der Waals surface area contributed by atoms with Crippen LogP contribution in [0.5, 0.6) is 5.75 Å². The maximum atomic E-state index is 13.4. The van der Waals surface area contributed by atoms with Crippen LogP contribution >= 0.6 is 11.6 Å². The van der Waals surface area contributed by atoms with Crippen LogP contribution in [0, 0.1) is 46.4 Å². The molecular formula is C24H29ClFN3O3. The van der Waals surface area contributed by atoms with E-state index in [9.17, 15) is 19.6 Å². The molecule has 4 aliphatic rings. The van der Waals surface area contributed by atoms with Crippen molar-refractivity contribution in [2.45, 2.75) is 64.5 Å². The molecule has 0 radical (unpaired) electrons. The minimum atomic E-state index is -1.00. The molecular weight excluding hydrogens is 433 g/mol. The highest BCUT2D eigenvalue weighted by Gasteiger charge is 2.58. The predicted octanol–water partition coefficient (Wildman–Crippen LogP) is 5.02. The van der Waals surface area contributed by atoms with Crippen LogP contribution in [0.2, 0.25) is 5.02 Å². The molecule has 0 amide bonds. The summed E-state index contributed by atoms with van der Waals surface area (Å²) in [5, 5.41) is 22.7. The number of nitriles is 1. The van der Waals surface area contributed by atoms with Crippen molar-refractivity contribution in [1.29, 1.82) is 5.26 Å². The quantitative estimate of drug-likeness (QED) is 0.352. The average Bonchev–Trinajstić information content (AvgIpc) is 2.70.